The number of benzene rings is 1. The number of alkyl halides is 3. The van der Waals surface area contributed by atoms with Gasteiger partial charge >= 0.3 is 6.18 Å². The van der Waals surface area contributed by atoms with Crippen molar-refractivity contribution in [3.05, 3.63) is 53.1 Å². The molecule has 1 amide bonds. The first-order valence-corrected chi connectivity index (χ1v) is 9.10. The van der Waals surface area contributed by atoms with E-state index in [1.165, 1.54) is 44.0 Å². The first-order valence-electron chi connectivity index (χ1n) is 8.63. The smallest absolute Gasteiger partial charge is 0.361 e. The van der Waals surface area contributed by atoms with E-state index in [9.17, 15) is 27.2 Å². The monoisotopic (exact) mass is 452 g/mol. The normalized spacial score (nSPS) is 11.4. The number of nitriles is 1. The molecule has 162 valence electrons. The Morgan fingerprint density at radius 2 is 1.87 bits per heavy atom. The van der Waals surface area contributed by atoms with Gasteiger partial charge in [-0.1, -0.05) is 12.2 Å². The summed E-state index contributed by atoms with van der Waals surface area (Å²) in [6, 6.07) is 5.70. The maximum absolute atomic E-state index is 14.0. The average molecular weight is 452 g/mol. The maximum atomic E-state index is 14.0. The van der Waals surface area contributed by atoms with Gasteiger partial charge in [-0.2, -0.15) is 18.4 Å². The van der Waals surface area contributed by atoms with E-state index in [4.69, 9.17) is 17.5 Å². The van der Waals surface area contributed by atoms with Crippen LogP contribution in [0.2, 0.25) is 0 Å². The lowest BCUT2D eigenvalue weighted by Gasteiger charge is -2.38. The lowest BCUT2D eigenvalue weighted by atomic mass is 9.99. The SMILES string of the molecule is CN(c1ccc(C=O)c(F)c1)C(C)(C)C(=O)N(C=S)c1cnc(C#N)c(C(F)(F)F)c1. The predicted molar refractivity (Wildman–Crippen MR) is 109 cm³/mol. The van der Waals surface area contributed by atoms with Crippen LogP contribution in [0, 0.1) is 17.1 Å². The molecular formula is C20H16F4N4O2S. The number of aldehydes is 1. The number of thiocarbonyl (C=S) groups is 1. The zero-order valence-corrected chi connectivity index (χ0v) is 17.4. The highest BCUT2D eigenvalue weighted by atomic mass is 32.1. The predicted octanol–water partition coefficient (Wildman–Crippen LogP) is 4.13. The fourth-order valence-electron chi connectivity index (χ4n) is 2.70. The van der Waals surface area contributed by atoms with Crippen molar-refractivity contribution in [3.8, 4) is 6.07 Å². The third kappa shape index (κ3) is 4.69. The van der Waals surface area contributed by atoms with Gasteiger partial charge in [0.25, 0.3) is 5.91 Å². The molecule has 0 aliphatic rings. The van der Waals surface area contributed by atoms with E-state index >= 15 is 0 Å². The van der Waals surface area contributed by atoms with E-state index in [1.54, 1.807) is 0 Å². The van der Waals surface area contributed by atoms with Crippen molar-refractivity contribution >= 4 is 41.3 Å². The number of aromatic nitrogens is 1. The van der Waals surface area contributed by atoms with Gasteiger partial charge in [0.05, 0.1) is 28.5 Å². The second-order valence-corrected chi connectivity index (χ2v) is 7.13. The van der Waals surface area contributed by atoms with Gasteiger partial charge in [-0.05, 0) is 38.1 Å². The first kappa shape index (κ1) is 23.9. The summed E-state index contributed by atoms with van der Waals surface area (Å²) < 4.78 is 53.8. The van der Waals surface area contributed by atoms with E-state index in [-0.39, 0.29) is 16.9 Å². The third-order valence-corrected chi connectivity index (χ3v) is 4.96. The van der Waals surface area contributed by atoms with Crippen molar-refractivity contribution < 1.29 is 27.2 Å². The average Bonchev–Trinajstić information content (AvgIpc) is 2.72. The largest absolute Gasteiger partial charge is 0.419 e. The number of rotatable bonds is 6. The molecule has 0 bridgehead atoms. The highest BCUT2D eigenvalue weighted by Gasteiger charge is 2.39. The van der Waals surface area contributed by atoms with Crippen molar-refractivity contribution in [2.75, 3.05) is 16.8 Å². The number of amides is 1. The summed E-state index contributed by atoms with van der Waals surface area (Å²) in [7, 11) is 1.48. The van der Waals surface area contributed by atoms with Crippen LogP contribution in [0.25, 0.3) is 0 Å². The van der Waals surface area contributed by atoms with Crippen LogP contribution in [-0.2, 0) is 11.0 Å². The van der Waals surface area contributed by atoms with Gasteiger partial charge in [0.1, 0.15) is 17.4 Å². The van der Waals surface area contributed by atoms with Crippen LogP contribution in [0.15, 0.2) is 30.5 Å². The highest BCUT2D eigenvalue weighted by molar-refractivity contribution is 7.79. The van der Waals surface area contributed by atoms with Gasteiger partial charge in [-0.15, -0.1) is 0 Å². The van der Waals surface area contributed by atoms with Crippen LogP contribution in [0.1, 0.15) is 35.5 Å². The van der Waals surface area contributed by atoms with Gasteiger partial charge in [-0.25, -0.2) is 9.37 Å². The Kier molecular flexibility index (Phi) is 6.76. The van der Waals surface area contributed by atoms with E-state index < -0.39 is 34.7 Å². The van der Waals surface area contributed by atoms with Crippen molar-refractivity contribution in [3.63, 3.8) is 0 Å². The summed E-state index contributed by atoms with van der Waals surface area (Å²) >= 11 is 4.84. The minimum Gasteiger partial charge on any atom is -0.361 e. The highest BCUT2D eigenvalue weighted by Crippen LogP contribution is 2.34. The van der Waals surface area contributed by atoms with Crippen LogP contribution in [-0.4, -0.2) is 35.3 Å². The summed E-state index contributed by atoms with van der Waals surface area (Å²) in [4.78, 5) is 29.7. The van der Waals surface area contributed by atoms with E-state index in [2.05, 4.69) is 4.98 Å². The summed E-state index contributed by atoms with van der Waals surface area (Å²) in [5.74, 6) is -1.52. The summed E-state index contributed by atoms with van der Waals surface area (Å²) in [6.45, 7) is 2.93. The van der Waals surface area contributed by atoms with Crippen LogP contribution in [0.4, 0.5) is 28.9 Å². The standard InChI is InChI=1S/C20H16F4N4O2S/c1-19(2,27(3)13-5-4-12(10-29)16(21)7-13)18(30)28(11-31)14-6-15(20(22,23)24)17(8-25)26-9-14/h4-7,9-11H,1-3H3. The summed E-state index contributed by atoms with van der Waals surface area (Å²) in [5, 5.41) is 8.88. The second kappa shape index (κ2) is 8.77. The number of carbonyl (C=O) groups is 2. The molecular weight excluding hydrogens is 436 g/mol. The van der Waals surface area contributed by atoms with Gasteiger partial charge < -0.3 is 4.90 Å². The van der Waals surface area contributed by atoms with Crippen molar-refractivity contribution in [1.29, 1.82) is 5.26 Å². The number of anilines is 2. The first-order chi connectivity index (χ1) is 14.4. The molecule has 0 atom stereocenters. The van der Waals surface area contributed by atoms with Crippen LogP contribution in [0.5, 0.6) is 0 Å². The molecule has 0 saturated heterocycles. The molecule has 0 unspecified atom stereocenters. The minimum absolute atomic E-state index is 0.162. The van der Waals surface area contributed by atoms with Gasteiger partial charge in [0.15, 0.2) is 12.0 Å². The molecule has 0 N–H and O–H groups in total. The van der Waals surface area contributed by atoms with Crippen LogP contribution in [0.3, 0.4) is 0 Å². The Morgan fingerprint density at radius 3 is 2.35 bits per heavy atom. The molecule has 0 spiro atoms. The topological polar surface area (TPSA) is 77.3 Å². The summed E-state index contributed by atoms with van der Waals surface area (Å²) in [5.41, 5.74) is -2.89. The molecule has 0 aliphatic heterocycles. The lowest BCUT2D eigenvalue weighted by molar-refractivity contribution is -0.138. The van der Waals surface area contributed by atoms with E-state index in [0.29, 0.717) is 12.4 Å². The zero-order chi connectivity index (χ0) is 23.6. The molecule has 1 heterocycles. The molecule has 31 heavy (non-hydrogen) atoms. The number of likely N-dealkylation sites (N-methyl/N-ethyl adjacent to an activating group) is 1. The molecule has 0 saturated carbocycles. The molecule has 2 rings (SSSR count). The molecule has 0 fully saturated rings. The van der Waals surface area contributed by atoms with E-state index in [1.807, 2.05) is 0 Å². The number of nitrogens with zero attached hydrogens (tertiary/aromatic N) is 4. The van der Waals surface area contributed by atoms with Gasteiger partial charge in [0.2, 0.25) is 0 Å². The minimum atomic E-state index is -4.87. The molecule has 1 aromatic heterocycles. The van der Waals surface area contributed by atoms with E-state index in [0.717, 1.165) is 22.7 Å². The Morgan fingerprint density at radius 1 is 1.23 bits per heavy atom. The molecule has 1 aromatic carbocycles. The molecule has 11 heteroatoms. The molecule has 2 aromatic rings. The van der Waals surface area contributed by atoms with Crippen LogP contribution < -0.4 is 9.80 Å². The van der Waals surface area contributed by atoms with Crippen molar-refractivity contribution in [2.24, 2.45) is 0 Å². The van der Waals surface area contributed by atoms with Gasteiger partial charge in [0, 0.05) is 12.7 Å². The fourth-order valence-corrected chi connectivity index (χ4v) is 2.92. The zero-order valence-electron chi connectivity index (χ0n) is 16.6. The van der Waals surface area contributed by atoms with Crippen molar-refractivity contribution in [2.45, 2.75) is 25.6 Å². The Labute approximate surface area is 180 Å². The number of hydrogen-bond donors (Lipinski definition) is 0. The maximum Gasteiger partial charge on any atom is 0.419 e. The lowest BCUT2D eigenvalue weighted by Crippen LogP contribution is -2.55. The molecule has 6 nitrogen and oxygen atoms in total. The number of halogens is 4. The Bertz CT molecular complexity index is 1080. The quantitative estimate of drug-likeness (QED) is 0.373. The van der Waals surface area contributed by atoms with Crippen LogP contribution >= 0.6 is 12.2 Å². The van der Waals surface area contributed by atoms with Crippen molar-refractivity contribution in [1.82, 2.24) is 4.98 Å². The molecule has 0 aliphatic carbocycles. The number of hydrogen-bond acceptors (Lipinski definition) is 6. The van der Waals surface area contributed by atoms with Gasteiger partial charge in [-0.3, -0.25) is 14.5 Å². The number of carbonyl (C=O) groups excluding carboxylic acids is 2. The third-order valence-electron chi connectivity index (χ3n) is 4.75. The summed E-state index contributed by atoms with van der Waals surface area (Å²) in [6.07, 6.45) is -3.59. The second-order valence-electron chi connectivity index (χ2n) is 6.92. The fraction of sp³-hybridized carbons (Fsp3) is 0.250. The molecule has 0 radical (unpaired) electrons. The number of pyridine rings is 1. The Balaban J connectivity index is 2.47. The Hall–Kier alpha value is -3.39.